The highest BCUT2D eigenvalue weighted by Gasteiger charge is 2.19. The van der Waals surface area contributed by atoms with Crippen molar-refractivity contribution in [2.24, 2.45) is 0 Å². The third-order valence-corrected chi connectivity index (χ3v) is 3.62. The van der Waals surface area contributed by atoms with Crippen LogP contribution in [0.4, 0.5) is 0 Å². The predicted octanol–water partition coefficient (Wildman–Crippen LogP) is 1.15. The molecule has 1 N–H and O–H groups in total. The molecule has 0 aliphatic heterocycles. The Hall–Kier alpha value is -3.10. The molecule has 0 aromatic carbocycles. The van der Waals surface area contributed by atoms with E-state index in [2.05, 4.69) is 30.6 Å². The van der Waals surface area contributed by atoms with Gasteiger partial charge in [0.2, 0.25) is 0 Å². The Morgan fingerprint density at radius 3 is 2.75 bits per heavy atom. The smallest absolute Gasteiger partial charge is 0.270 e. The Morgan fingerprint density at radius 2 is 2.04 bits per heavy atom. The molecule has 0 spiro atoms. The van der Waals surface area contributed by atoms with Gasteiger partial charge >= 0.3 is 0 Å². The van der Waals surface area contributed by atoms with Crippen molar-refractivity contribution in [2.45, 2.75) is 32.9 Å². The van der Waals surface area contributed by atoms with Crippen molar-refractivity contribution in [1.82, 2.24) is 39.8 Å². The second-order valence-electron chi connectivity index (χ2n) is 5.12. The largest absolute Gasteiger partial charge is 0.341 e. The average molecular weight is 326 g/mol. The zero-order chi connectivity index (χ0) is 16.9. The molecule has 1 unspecified atom stereocenters. The molecule has 3 heterocycles. The second kappa shape index (κ2) is 6.99. The zero-order valence-corrected chi connectivity index (χ0v) is 13.5. The maximum Gasteiger partial charge on any atom is 0.270 e. The molecule has 0 aliphatic carbocycles. The third kappa shape index (κ3) is 3.14. The number of amides is 1. The summed E-state index contributed by atoms with van der Waals surface area (Å²) in [7, 11) is 0. The maximum atomic E-state index is 12.6. The Kier molecular flexibility index (Phi) is 4.59. The van der Waals surface area contributed by atoms with Gasteiger partial charge in [0, 0.05) is 6.54 Å². The lowest BCUT2D eigenvalue weighted by molar-refractivity contribution is 0.0927. The SMILES string of the molecule is CCC(NC(=O)c1cccc(-n2cnnc2)n1)c1ncnn1CC. The minimum absolute atomic E-state index is 0.222. The van der Waals surface area contributed by atoms with Crippen LogP contribution in [-0.2, 0) is 6.54 Å². The molecular weight excluding hydrogens is 308 g/mol. The van der Waals surface area contributed by atoms with Crippen LogP contribution in [0.2, 0.25) is 0 Å². The summed E-state index contributed by atoms with van der Waals surface area (Å²) in [6.45, 7) is 4.67. The van der Waals surface area contributed by atoms with Crippen molar-refractivity contribution >= 4 is 5.91 Å². The molecule has 0 bridgehead atoms. The Balaban J connectivity index is 1.80. The van der Waals surface area contributed by atoms with Crippen molar-refractivity contribution in [3.8, 4) is 5.82 Å². The van der Waals surface area contributed by atoms with Crippen molar-refractivity contribution in [3.63, 3.8) is 0 Å². The summed E-state index contributed by atoms with van der Waals surface area (Å²) < 4.78 is 3.41. The molecule has 0 radical (unpaired) electrons. The predicted molar refractivity (Wildman–Crippen MR) is 85.3 cm³/mol. The fourth-order valence-corrected chi connectivity index (χ4v) is 2.38. The van der Waals surface area contributed by atoms with E-state index < -0.39 is 0 Å². The molecule has 0 fully saturated rings. The van der Waals surface area contributed by atoms with E-state index in [9.17, 15) is 4.79 Å². The minimum Gasteiger partial charge on any atom is -0.341 e. The molecule has 1 amide bonds. The second-order valence-corrected chi connectivity index (χ2v) is 5.12. The minimum atomic E-state index is -0.262. The van der Waals surface area contributed by atoms with Crippen molar-refractivity contribution in [2.75, 3.05) is 0 Å². The van der Waals surface area contributed by atoms with Gasteiger partial charge in [-0.1, -0.05) is 13.0 Å². The van der Waals surface area contributed by atoms with Gasteiger partial charge in [-0.3, -0.25) is 9.36 Å². The van der Waals surface area contributed by atoms with E-state index in [1.165, 1.54) is 19.0 Å². The standard InChI is InChI=1S/C15H18N8O/c1-3-11(14-16-8-19-23(14)4-2)21-15(24)12-6-5-7-13(20-12)22-9-17-18-10-22/h5-11H,3-4H2,1-2H3,(H,21,24). The van der Waals surface area contributed by atoms with E-state index in [0.29, 0.717) is 24.5 Å². The van der Waals surface area contributed by atoms with Crippen LogP contribution in [0, 0.1) is 0 Å². The molecule has 9 nitrogen and oxygen atoms in total. The number of hydrogen-bond acceptors (Lipinski definition) is 6. The topological polar surface area (TPSA) is 103 Å². The molecule has 3 aromatic heterocycles. The van der Waals surface area contributed by atoms with Crippen molar-refractivity contribution in [1.29, 1.82) is 0 Å². The van der Waals surface area contributed by atoms with Crippen LogP contribution < -0.4 is 5.32 Å². The van der Waals surface area contributed by atoms with Gasteiger partial charge in [0.15, 0.2) is 0 Å². The van der Waals surface area contributed by atoms with Gasteiger partial charge in [-0.15, -0.1) is 10.2 Å². The lowest BCUT2D eigenvalue weighted by Gasteiger charge is -2.16. The summed E-state index contributed by atoms with van der Waals surface area (Å²) in [5.74, 6) is 1.06. The molecule has 24 heavy (non-hydrogen) atoms. The summed E-state index contributed by atoms with van der Waals surface area (Å²) in [5, 5.41) is 14.6. The Morgan fingerprint density at radius 1 is 1.25 bits per heavy atom. The van der Waals surface area contributed by atoms with Gasteiger partial charge in [0.05, 0.1) is 6.04 Å². The van der Waals surface area contributed by atoms with E-state index in [1.807, 2.05) is 13.8 Å². The summed E-state index contributed by atoms with van der Waals surface area (Å²) >= 11 is 0. The van der Waals surface area contributed by atoms with Gasteiger partial charge in [-0.25, -0.2) is 14.6 Å². The number of aryl methyl sites for hydroxylation is 1. The first-order valence-corrected chi connectivity index (χ1v) is 7.73. The van der Waals surface area contributed by atoms with E-state index in [1.54, 1.807) is 27.4 Å². The number of carbonyl (C=O) groups is 1. The van der Waals surface area contributed by atoms with Crippen LogP contribution in [0.3, 0.4) is 0 Å². The molecule has 0 aliphatic rings. The number of pyridine rings is 1. The van der Waals surface area contributed by atoms with Crippen LogP contribution >= 0.6 is 0 Å². The van der Waals surface area contributed by atoms with Crippen LogP contribution in [0.1, 0.15) is 42.6 Å². The van der Waals surface area contributed by atoms with Gasteiger partial charge in [0.1, 0.15) is 36.3 Å². The third-order valence-electron chi connectivity index (χ3n) is 3.62. The number of hydrogen-bond donors (Lipinski definition) is 1. The van der Waals surface area contributed by atoms with Crippen LogP contribution in [-0.4, -0.2) is 40.4 Å². The summed E-state index contributed by atoms with van der Waals surface area (Å²) in [4.78, 5) is 21.2. The Bertz CT molecular complexity index is 811. The number of carbonyl (C=O) groups excluding carboxylic acids is 1. The highest BCUT2D eigenvalue weighted by atomic mass is 16.2. The summed E-state index contributed by atoms with van der Waals surface area (Å²) in [6.07, 6.45) is 5.26. The lowest BCUT2D eigenvalue weighted by atomic mass is 10.2. The average Bonchev–Trinajstić information content (AvgIpc) is 3.30. The van der Waals surface area contributed by atoms with Gasteiger partial charge in [-0.2, -0.15) is 5.10 Å². The molecule has 3 aromatic rings. The van der Waals surface area contributed by atoms with Crippen LogP contribution in [0.15, 0.2) is 37.2 Å². The number of nitrogens with zero attached hydrogens (tertiary/aromatic N) is 7. The zero-order valence-electron chi connectivity index (χ0n) is 13.5. The van der Waals surface area contributed by atoms with Gasteiger partial charge < -0.3 is 5.32 Å². The van der Waals surface area contributed by atoms with Gasteiger partial charge in [0.25, 0.3) is 5.91 Å². The molecule has 0 saturated carbocycles. The van der Waals surface area contributed by atoms with Gasteiger partial charge in [-0.05, 0) is 25.5 Å². The van der Waals surface area contributed by atoms with E-state index >= 15 is 0 Å². The molecule has 124 valence electrons. The van der Waals surface area contributed by atoms with Crippen molar-refractivity contribution in [3.05, 3.63) is 48.7 Å². The first kappa shape index (κ1) is 15.8. The molecule has 9 heteroatoms. The lowest BCUT2D eigenvalue weighted by Crippen LogP contribution is -2.31. The van der Waals surface area contributed by atoms with Crippen molar-refractivity contribution < 1.29 is 4.79 Å². The molecule has 0 saturated heterocycles. The quantitative estimate of drug-likeness (QED) is 0.729. The summed E-state index contributed by atoms with van der Waals surface area (Å²) in [6, 6.07) is 5.00. The highest BCUT2D eigenvalue weighted by Crippen LogP contribution is 2.14. The normalized spacial score (nSPS) is 12.1. The Labute approximate surface area is 138 Å². The van der Waals surface area contributed by atoms with E-state index in [0.717, 1.165) is 5.82 Å². The van der Waals surface area contributed by atoms with E-state index in [4.69, 9.17) is 0 Å². The molecule has 3 rings (SSSR count). The fraction of sp³-hybridized carbons (Fsp3) is 0.333. The molecular formula is C15H18N8O. The monoisotopic (exact) mass is 326 g/mol. The maximum absolute atomic E-state index is 12.6. The van der Waals surface area contributed by atoms with Crippen LogP contribution in [0.5, 0.6) is 0 Å². The van der Waals surface area contributed by atoms with E-state index in [-0.39, 0.29) is 11.9 Å². The first-order valence-electron chi connectivity index (χ1n) is 7.73. The number of rotatable bonds is 6. The fourth-order valence-electron chi connectivity index (χ4n) is 2.38. The number of aromatic nitrogens is 7. The summed E-state index contributed by atoms with van der Waals surface area (Å²) in [5.41, 5.74) is 0.321. The van der Waals surface area contributed by atoms with Crippen LogP contribution in [0.25, 0.3) is 5.82 Å². The highest BCUT2D eigenvalue weighted by molar-refractivity contribution is 5.92. The molecule has 1 atom stereocenters. The number of nitrogens with one attached hydrogen (secondary N) is 1. The first-order chi connectivity index (χ1) is 11.7.